The van der Waals surface area contributed by atoms with Crippen LogP contribution in [-0.4, -0.2) is 32.9 Å². The molecule has 2 atom stereocenters. The number of benzene rings is 1. The van der Waals surface area contributed by atoms with Crippen molar-refractivity contribution >= 4 is 21.9 Å². The molecule has 1 aromatic rings. The number of carbonyl (C=O) groups is 1. The number of hydrogen-bond acceptors (Lipinski definition) is 4. The van der Waals surface area contributed by atoms with Crippen LogP contribution in [0.4, 0.5) is 0 Å². The van der Waals surface area contributed by atoms with Crippen LogP contribution >= 0.6 is 15.9 Å². The van der Waals surface area contributed by atoms with Gasteiger partial charge in [0.05, 0.1) is 24.1 Å². The molecule has 0 bridgehead atoms. The van der Waals surface area contributed by atoms with Crippen LogP contribution < -0.4 is 4.74 Å². The first kappa shape index (κ1) is 17.7. The number of carbonyl (C=O) groups excluding carboxylic acids is 1. The molecule has 0 N–H and O–H groups in total. The maximum Gasteiger partial charge on any atom is 0.309 e. The van der Waals surface area contributed by atoms with Gasteiger partial charge in [-0.25, -0.2) is 0 Å². The second-order valence-corrected chi connectivity index (χ2v) is 5.44. The van der Waals surface area contributed by atoms with Crippen molar-refractivity contribution in [2.45, 2.75) is 19.4 Å². The molecule has 0 aliphatic heterocycles. The van der Waals surface area contributed by atoms with Crippen molar-refractivity contribution < 1.29 is 19.0 Å². The summed E-state index contributed by atoms with van der Waals surface area (Å²) in [5.41, 5.74) is 0. The van der Waals surface area contributed by atoms with E-state index < -0.39 is 0 Å². The maximum absolute atomic E-state index is 11.0. The molecule has 0 fully saturated rings. The molecule has 0 saturated heterocycles. The fourth-order valence-corrected chi connectivity index (χ4v) is 2.15. The Morgan fingerprint density at radius 1 is 1.33 bits per heavy atom. The van der Waals surface area contributed by atoms with E-state index in [-0.39, 0.29) is 24.4 Å². The highest BCUT2D eigenvalue weighted by molar-refractivity contribution is 9.10. The Kier molecular flexibility index (Phi) is 8.08. The van der Waals surface area contributed by atoms with Crippen LogP contribution in [-0.2, 0) is 14.3 Å². The molecule has 21 heavy (non-hydrogen) atoms. The molecule has 0 spiro atoms. The Hall–Kier alpha value is -1.33. The number of esters is 1. The van der Waals surface area contributed by atoms with E-state index in [4.69, 9.17) is 9.47 Å². The molecule has 0 saturated carbocycles. The van der Waals surface area contributed by atoms with E-state index in [0.717, 1.165) is 10.2 Å². The lowest BCUT2D eigenvalue weighted by Gasteiger charge is -2.20. The van der Waals surface area contributed by atoms with Gasteiger partial charge in [-0.3, -0.25) is 4.79 Å². The molecule has 0 amide bonds. The van der Waals surface area contributed by atoms with Crippen molar-refractivity contribution in [3.8, 4) is 5.75 Å². The number of rotatable bonds is 8. The molecule has 0 aromatic heterocycles. The summed E-state index contributed by atoms with van der Waals surface area (Å²) >= 11 is 3.44. The van der Waals surface area contributed by atoms with Crippen LogP contribution in [0.1, 0.15) is 13.3 Å². The van der Waals surface area contributed by atoms with Crippen molar-refractivity contribution in [3.05, 3.63) is 40.9 Å². The molecular weight excluding hydrogens is 336 g/mol. The van der Waals surface area contributed by atoms with Gasteiger partial charge in [-0.05, 0) is 28.1 Å². The molecule has 0 aliphatic rings. The topological polar surface area (TPSA) is 44.8 Å². The molecular formula is C16H21BrO4. The summed E-state index contributed by atoms with van der Waals surface area (Å²) in [6.45, 7) is 2.45. The highest BCUT2D eigenvalue weighted by atomic mass is 79.9. The van der Waals surface area contributed by atoms with Crippen LogP contribution in [0.3, 0.4) is 0 Å². The van der Waals surface area contributed by atoms with Crippen molar-refractivity contribution in [2.24, 2.45) is 5.92 Å². The van der Waals surface area contributed by atoms with Gasteiger partial charge < -0.3 is 14.2 Å². The van der Waals surface area contributed by atoms with Gasteiger partial charge in [-0.2, -0.15) is 0 Å². The fraction of sp³-hybridized carbons (Fsp3) is 0.438. The van der Waals surface area contributed by atoms with E-state index >= 15 is 0 Å². The zero-order chi connectivity index (χ0) is 15.7. The summed E-state index contributed by atoms with van der Waals surface area (Å²) in [6.07, 6.45) is 3.91. The van der Waals surface area contributed by atoms with Gasteiger partial charge in [0.2, 0.25) is 0 Å². The second-order valence-electron chi connectivity index (χ2n) is 4.58. The minimum absolute atomic E-state index is 0.0917. The maximum atomic E-state index is 11.0. The molecule has 0 heterocycles. The second kappa shape index (κ2) is 9.58. The Morgan fingerprint density at radius 2 is 2.05 bits per heavy atom. The third-order valence-corrected chi connectivity index (χ3v) is 3.74. The summed E-state index contributed by atoms with van der Waals surface area (Å²) in [5.74, 6) is 0.657. The summed E-state index contributed by atoms with van der Waals surface area (Å²) in [5, 5.41) is 0. The Morgan fingerprint density at radius 3 is 2.67 bits per heavy atom. The third kappa shape index (κ3) is 6.31. The standard InChI is InChI=1S/C16H21BrO4/c1-12(7-6-10-16(18)20-3)15(19-2)11-21-14-9-5-4-8-13(14)17/h4-9,12,15H,10-11H2,1-3H3/t12-,15-/m1/s1. The summed E-state index contributed by atoms with van der Waals surface area (Å²) < 4.78 is 16.7. The van der Waals surface area contributed by atoms with E-state index in [1.165, 1.54) is 7.11 Å². The lowest BCUT2D eigenvalue weighted by atomic mass is 10.0. The van der Waals surface area contributed by atoms with Crippen LogP contribution in [0.2, 0.25) is 0 Å². The molecule has 0 unspecified atom stereocenters. The largest absolute Gasteiger partial charge is 0.490 e. The zero-order valence-electron chi connectivity index (χ0n) is 12.5. The van der Waals surface area contributed by atoms with Crippen molar-refractivity contribution in [2.75, 3.05) is 20.8 Å². The van der Waals surface area contributed by atoms with E-state index in [9.17, 15) is 4.79 Å². The van der Waals surface area contributed by atoms with Crippen LogP contribution in [0.5, 0.6) is 5.75 Å². The number of para-hydroxylation sites is 1. The number of halogens is 1. The molecule has 0 aliphatic carbocycles. The minimum Gasteiger partial charge on any atom is -0.490 e. The van der Waals surface area contributed by atoms with E-state index in [1.54, 1.807) is 13.2 Å². The first-order valence-corrected chi connectivity index (χ1v) is 7.51. The van der Waals surface area contributed by atoms with Gasteiger partial charge in [0, 0.05) is 13.0 Å². The molecule has 4 nitrogen and oxygen atoms in total. The van der Waals surface area contributed by atoms with Gasteiger partial charge in [0.25, 0.3) is 0 Å². The molecule has 0 radical (unpaired) electrons. The quantitative estimate of drug-likeness (QED) is 0.527. The SMILES string of the molecule is COC(=O)CC=C[C@@H](C)[C@@H](COc1ccccc1Br)OC. The number of ether oxygens (including phenoxy) is 3. The van der Waals surface area contributed by atoms with Crippen LogP contribution in [0, 0.1) is 5.92 Å². The predicted molar refractivity (Wildman–Crippen MR) is 85.4 cm³/mol. The highest BCUT2D eigenvalue weighted by Crippen LogP contribution is 2.24. The Balaban J connectivity index is 2.50. The Bertz CT molecular complexity index is 473. The highest BCUT2D eigenvalue weighted by Gasteiger charge is 2.15. The zero-order valence-corrected chi connectivity index (χ0v) is 14.1. The van der Waals surface area contributed by atoms with Crippen molar-refractivity contribution in [1.82, 2.24) is 0 Å². The molecule has 116 valence electrons. The molecule has 1 rings (SSSR count). The van der Waals surface area contributed by atoms with Crippen molar-refractivity contribution in [1.29, 1.82) is 0 Å². The van der Waals surface area contributed by atoms with Gasteiger partial charge in [0.1, 0.15) is 12.4 Å². The molecule has 5 heteroatoms. The monoisotopic (exact) mass is 356 g/mol. The summed E-state index contributed by atoms with van der Waals surface area (Å²) in [6, 6.07) is 7.68. The normalized spacial score (nSPS) is 13.9. The smallest absolute Gasteiger partial charge is 0.309 e. The third-order valence-electron chi connectivity index (χ3n) is 3.08. The number of methoxy groups -OCH3 is 2. The van der Waals surface area contributed by atoms with Gasteiger partial charge in [-0.15, -0.1) is 0 Å². The first-order chi connectivity index (χ1) is 10.1. The van der Waals surface area contributed by atoms with E-state index in [0.29, 0.717) is 6.61 Å². The average Bonchev–Trinajstić information content (AvgIpc) is 2.49. The average molecular weight is 357 g/mol. The predicted octanol–water partition coefficient (Wildman–Crippen LogP) is 3.60. The first-order valence-electron chi connectivity index (χ1n) is 6.72. The summed E-state index contributed by atoms with van der Waals surface area (Å²) in [4.78, 5) is 11.0. The molecule has 1 aromatic carbocycles. The summed E-state index contributed by atoms with van der Waals surface area (Å²) in [7, 11) is 3.03. The minimum atomic E-state index is -0.253. The lowest BCUT2D eigenvalue weighted by molar-refractivity contribution is -0.139. The van der Waals surface area contributed by atoms with Gasteiger partial charge in [0.15, 0.2) is 0 Å². The lowest BCUT2D eigenvalue weighted by Crippen LogP contribution is -2.26. The van der Waals surface area contributed by atoms with Gasteiger partial charge >= 0.3 is 5.97 Å². The fourth-order valence-electron chi connectivity index (χ4n) is 1.75. The Labute approximate surface area is 134 Å². The number of hydrogen-bond donors (Lipinski definition) is 0. The van der Waals surface area contributed by atoms with Crippen molar-refractivity contribution in [3.63, 3.8) is 0 Å². The van der Waals surface area contributed by atoms with Gasteiger partial charge in [-0.1, -0.05) is 31.2 Å². The van der Waals surface area contributed by atoms with E-state index in [2.05, 4.69) is 20.7 Å². The van der Waals surface area contributed by atoms with Crippen LogP contribution in [0.25, 0.3) is 0 Å². The van der Waals surface area contributed by atoms with Crippen LogP contribution in [0.15, 0.2) is 40.9 Å². The van der Waals surface area contributed by atoms with E-state index in [1.807, 2.05) is 37.3 Å².